The zero-order valence-electron chi connectivity index (χ0n) is 17.9. The Hall–Kier alpha value is -1.70. The summed E-state index contributed by atoms with van der Waals surface area (Å²) in [6, 6.07) is 6.38. The van der Waals surface area contributed by atoms with Crippen molar-refractivity contribution in [1.82, 2.24) is 20.2 Å². The lowest BCUT2D eigenvalue weighted by Crippen LogP contribution is -2.60. The van der Waals surface area contributed by atoms with Gasteiger partial charge in [0.25, 0.3) is 0 Å². The summed E-state index contributed by atoms with van der Waals surface area (Å²) in [4.78, 5) is 12.4. The molecule has 7 heteroatoms. The molecular formula is C21H33N5OS. The van der Waals surface area contributed by atoms with E-state index in [1.807, 2.05) is 32.4 Å². The van der Waals surface area contributed by atoms with Gasteiger partial charge in [0.15, 0.2) is 5.06 Å². The Morgan fingerprint density at radius 2 is 1.89 bits per heavy atom. The first-order valence-corrected chi connectivity index (χ1v) is 10.7. The Balaban J connectivity index is 1.67. The van der Waals surface area contributed by atoms with Crippen molar-refractivity contribution < 1.29 is 4.74 Å². The minimum atomic E-state index is 0.0869. The molecule has 0 radical (unpaired) electrons. The number of rotatable bonds is 7. The Morgan fingerprint density at radius 3 is 2.57 bits per heavy atom. The quantitative estimate of drug-likeness (QED) is 0.732. The van der Waals surface area contributed by atoms with E-state index in [9.17, 15) is 0 Å². The Bertz CT molecular complexity index is 771. The molecule has 1 aliphatic heterocycles. The maximum atomic E-state index is 5.83. The molecular weight excluding hydrogens is 370 g/mol. The van der Waals surface area contributed by atoms with E-state index in [1.165, 1.54) is 0 Å². The molecule has 0 aliphatic carbocycles. The van der Waals surface area contributed by atoms with Gasteiger partial charge in [-0.05, 0) is 72.8 Å². The number of ether oxygens (including phenoxy) is 1. The van der Waals surface area contributed by atoms with Crippen LogP contribution in [0.5, 0.6) is 5.06 Å². The first-order valence-electron chi connectivity index (χ1n) is 9.89. The molecule has 3 rings (SSSR count). The van der Waals surface area contributed by atoms with Crippen LogP contribution in [0.2, 0.25) is 0 Å². The van der Waals surface area contributed by atoms with Gasteiger partial charge in [0.05, 0.1) is 10.6 Å². The molecule has 0 amide bonds. The Labute approximate surface area is 172 Å². The summed E-state index contributed by atoms with van der Waals surface area (Å²) in [5, 5.41) is 8.20. The van der Waals surface area contributed by atoms with Gasteiger partial charge >= 0.3 is 0 Å². The van der Waals surface area contributed by atoms with Crippen molar-refractivity contribution in [3.05, 3.63) is 24.4 Å². The normalized spacial score (nSPS) is 19.0. The third-order valence-electron chi connectivity index (χ3n) is 4.80. The summed E-state index contributed by atoms with van der Waals surface area (Å²) in [7, 11) is 4.09. The number of nitrogens with one attached hydrogen (secondary N) is 2. The van der Waals surface area contributed by atoms with Gasteiger partial charge in [0.1, 0.15) is 6.61 Å². The summed E-state index contributed by atoms with van der Waals surface area (Å²) < 4.78 is 5.83. The number of nitrogens with zero attached hydrogens (tertiary/aromatic N) is 3. The van der Waals surface area contributed by atoms with E-state index in [4.69, 9.17) is 9.72 Å². The van der Waals surface area contributed by atoms with Crippen molar-refractivity contribution in [1.29, 1.82) is 0 Å². The van der Waals surface area contributed by atoms with E-state index in [0.717, 1.165) is 35.0 Å². The fourth-order valence-corrected chi connectivity index (χ4v) is 4.89. The van der Waals surface area contributed by atoms with Crippen molar-refractivity contribution in [3.8, 4) is 15.6 Å². The molecule has 1 aliphatic rings. The van der Waals surface area contributed by atoms with Crippen LogP contribution in [0.3, 0.4) is 0 Å². The first kappa shape index (κ1) is 21.0. The number of thiophene rings is 1. The summed E-state index contributed by atoms with van der Waals surface area (Å²) in [6.45, 7) is 10.6. The lowest BCUT2D eigenvalue weighted by molar-refractivity contribution is 0.170. The molecule has 2 N–H and O–H groups in total. The number of piperidine rings is 1. The van der Waals surface area contributed by atoms with Crippen LogP contribution >= 0.6 is 11.3 Å². The molecule has 0 spiro atoms. The number of likely N-dealkylation sites (N-methyl/N-ethyl adjacent to an activating group) is 1. The highest BCUT2D eigenvalue weighted by molar-refractivity contribution is 7.17. The minimum Gasteiger partial charge on any atom is -0.483 e. The van der Waals surface area contributed by atoms with Gasteiger partial charge in [-0.1, -0.05) is 11.3 Å². The van der Waals surface area contributed by atoms with E-state index in [1.54, 1.807) is 11.3 Å². The van der Waals surface area contributed by atoms with Crippen LogP contribution < -0.4 is 15.4 Å². The zero-order valence-corrected chi connectivity index (χ0v) is 18.7. The minimum absolute atomic E-state index is 0.0869. The van der Waals surface area contributed by atoms with Crippen LogP contribution in [0.15, 0.2) is 24.4 Å². The van der Waals surface area contributed by atoms with Gasteiger partial charge in [0.2, 0.25) is 5.95 Å². The van der Waals surface area contributed by atoms with Gasteiger partial charge in [-0.3, -0.25) is 0 Å². The summed E-state index contributed by atoms with van der Waals surface area (Å²) in [5.41, 5.74) is 1.10. The molecule has 2 aromatic heterocycles. The zero-order chi connectivity index (χ0) is 20.4. The van der Waals surface area contributed by atoms with Gasteiger partial charge in [0, 0.05) is 29.9 Å². The fourth-order valence-electron chi connectivity index (χ4n) is 4.04. The van der Waals surface area contributed by atoms with E-state index >= 15 is 0 Å². The molecule has 6 nitrogen and oxygen atoms in total. The molecule has 3 heterocycles. The summed E-state index contributed by atoms with van der Waals surface area (Å²) in [5.74, 6) is 0.694. The molecule has 1 saturated heterocycles. The van der Waals surface area contributed by atoms with Crippen LogP contribution in [0.4, 0.5) is 5.95 Å². The second-order valence-corrected chi connectivity index (χ2v) is 10.2. The van der Waals surface area contributed by atoms with Crippen LogP contribution in [0.1, 0.15) is 40.5 Å². The van der Waals surface area contributed by atoms with Crippen LogP contribution in [-0.2, 0) is 0 Å². The molecule has 0 unspecified atom stereocenters. The Kier molecular flexibility index (Phi) is 6.27. The number of anilines is 1. The SMILES string of the molecule is CN(C)CCOc1ccc(-c2ccnc(NC3CC(C)(C)NC(C)(C)C3)n2)s1. The van der Waals surface area contributed by atoms with E-state index in [0.29, 0.717) is 18.6 Å². The molecule has 0 atom stereocenters. The summed E-state index contributed by atoms with van der Waals surface area (Å²) in [6.07, 6.45) is 3.90. The standard InChI is InChI=1S/C21H33N5OS/c1-20(2)13-15(14-21(3,4)25-20)23-19-22-10-9-16(24-19)17-7-8-18(28-17)27-12-11-26(5)6/h7-10,15,25H,11-14H2,1-6H3,(H,22,23,24). The van der Waals surface area contributed by atoms with Crippen LogP contribution in [0, 0.1) is 0 Å². The predicted octanol–water partition coefficient (Wildman–Crippen LogP) is 3.87. The second kappa shape index (κ2) is 8.35. The highest BCUT2D eigenvalue weighted by Gasteiger charge is 2.37. The highest BCUT2D eigenvalue weighted by Crippen LogP contribution is 2.33. The second-order valence-electron chi connectivity index (χ2n) is 9.18. The van der Waals surface area contributed by atoms with Gasteiger partial charge < -0.3 is 20.3 Å². The smallest absolute Gasteiger partial charge is 0.223 e. The molecule has 28 heavy (non-hydrogen) atoms. The molecule has 0 aromatic carbocycles. The van der Waals surface area contributed by atoms with E-state index in [-0.39, 0.29) is 11.1 Å². The van der Waals surface area contributed by atoms with Crippen molar-refractivity contribution >= 4 is 17.3 Å². The maximum Gasteiger partial charge on any atom is 0.223 e. The largest absolute Gasteiger partial charge is 0.483 e. The average Bonchev–Trinajstić information content (AvgIpc) is 3.00. The lowest BCUT2D eigenvalue weighted by Gasteiger charge is -2.46. The Morgan fingerprint density at radius 1 is 1.18 bits per heavy atom. The van der Waals surface area contributed by atoms with E-state index < -0.39 is 0 Å². The number of hydrogen-bond acceptors (Lipinski definition) is 7. The first-order chi connectivity index (χ1) is 13.1. The monoisotopic (exact) mass is 403 g/mol. The van der Waals surface area contributed by atoms with Crippen molar-refractivity contribution in [2.24, 2.45) is 0 Å². The third-order valence-corrected chi connectivity index (χ3v) is 5.82. The van der Waals surface area contributed by atoms with Gasteiger partial charge in [-0.15, -0.1) is 0 Å². The molecule has 154 valence electrons. The number of hydrogen-bond donors (Lipinski definition) is 2. The fraction of sp³-hybridized carbons (Fsp3) is 0.619. The van der Waals surface area contributed by atoms with Crippen LogP contribution in [-0.4, -0.2) is 59.2 Å². The van der Waals surface area contributed by atoms with Gasteiger partial charge in [-0.25, -0.2) is 9.97 Å². The maximum absolute atomic E-state index is 5.83. The lowest BCUT2D eigenvalue weighted by atomic mass is 9.80. The number of aromatic nitrogens is 2. The van der Waals surface area contributed by atoms with Gasteiger partial charge in [-0.2, -0.15) is 0 Å². The molecule has 0 saturated carbocycles. The summed E-state index contributed by atoms with van der Waals surface area (Å²) >= 11 is 1.62. The predicted molar refractivity (Wildman–Crippen MR) is 117 cm³/mol. The highest BCUT2D eigenvalue weighted by atomic mass is 32.1. The van der Waals surface area contributed by atoms with E-state index in [2.05, 4.69) is 54.3 Å². The average molecular weight is 404 g/mol. The van der Waals surface area contributed by atoms with Crippen molar-refractivity contribution in [2.75, 3.05) is 32.6 Å². The molecule has 1 fully saturated rings. The molecule has 0 bridgehead atoms. The van der Waals surface area contributed by atoms with Crippen molar-refractivity contribution in [2.45, 2.75) is 57.7 Å². The van der Waals surface area contributed by atoms with Crippen molar-refractivity contribution in [3.63, 3.8) is 0 Å². The third kappa shape index (κ3) is 5.90. The topological polar surface area (TPSA) is 62.3 Å². The van der Waals surface area contributed by atoms with Crippen LogP contribution in [0.25, 0.3) is 10.6 Å². The molecule has 2 aromatic rings.